The molecule has 5 heteroatoms. The maximum atomic E-state index is 5.97. The summed E-state index contributed by atoms with van der Waals surface area (Å²) in [5, 5.41) is 5.27. The number of nitrogens with two attached hydrogens (primary N) is 1. The van der Waals surface area contributed by atoms with Gasteiger partial charge in [0.15, 0.2) is 0 Å². The Kier molecular flexibility index (Phi) is 3.25. The van der Waals surface area contributed by atoms with Crippen LogP contribution in [0.25, 0.3) is 0 Å². The molecule has 84 valence electrons. The molecule has 16 heavy (non-hydrogen) atoms. The first-order valence-corrected chi connectivity index (χ1v) is 6.41. The van der Waals surface area contributed by atoms with Gasteiger partial charge in [-0.3, -0.25) is 4.68 Å². The van der Waals surface area contributed by atoms with Crippen molar-refractivity contribution in [1.82, 2.24) is 9.78 Å². The van der Waals surface area contributed by atoms with Crippen molar-refractivity contribution in [2.45, 2.75) is 16.8 Å². The normalized spacial score (nSPS) is 10.7. The van der Waals surface area contributed by atoms with Gasteiger partial charge in [-0.1, -0.05) is 33.8 Å². The van der Waals surface area contributed by atoms with Crippen LogP contribution in [0.3, 0.4) is 0 Å². The Morgan fingerprint density at radius 1 is 1.44 bits per heavy atom. The summed E-state index contributed by atoms with van der Waals surface area (Å²) in [5.41, 5.74) is 7.61. The lowest BCUT2D eigenvalue weighted by Crippen LogP contribution is -1.93. The molecule has 0 amide bonds. The Morgan fingerprint density at radius 3 is 2.75 bits per heavy atom. The van der Waals surface area contributed by atoms with E-state index < -0.39 is 0 Å². The average Bonchev–Trinajstić information content (AvgIpc) is 2.45. The van der Waals surface area contributed by atoms with Gasteiger partial charge in [0.2, 0.25) is 0 Å². The predicted molar refractivity (Wildman–Crippen MR) is 70.6 cm³/mol. The van der Waals surface area contributed by atoms with Crippen molar-refractivity contribution in [1.29, 1.82) is 0 Å². The smallest absolute Gasteiger partial charge is 0.122 e. The van der Waals surface area contributed by atoms with Gasteiger partial charge in [-0.2, -0.15) is 5.10 Å². The molecule has 1 aromatic carbocycles. The first-order chi connectivity index (χ1) is 7.58. The average molecular weight is 298 g/mol. The SMILES string of the molecule is Cc1nn(C)c(Sc2cccc(Br)c2)c1N. The van der Waals surface area contributed by atoms with Crippen molar-refractivity contribution >= 4 is 33.4 Å². The van der Waals surface area contributed by atoms with Crippen LogP contribution in [-0.4, -0.2) is 9.78 Å². The van der Waals surface area contributed by atoms with Crippen LogP contribution >= 0.6 is 27.7 Å². The third-order valence-corrected chi connectivity index (χ3v) is 3.89. The largest absolute Gasteiger partial charge is 0.395 e. The van der Waals surface area contributed by atoms with Crippen LogP contribution in [-0.2, 0) is 7.05 Å². The number of aromatic nitrogens is 2. The summed E-state index contributed by atoms with van der Waals surface area (Å²) < 4.78 is 2.88. The summed E-state index contributed by atoms with van der Waals surface area (Å²) in [6.45, 7) is 1.92. The minimum absolute atomic E-state index is 0.757. The van der Waals surface area contributed by atoms with Crippen LogP contribution < -0.4 is 5.73 Å². The van der Waals surface area contributed by atoms with Crippen molar-refractivity contribution in [3.05, 3.63) is 34.4 Å². The number of nitrogen functional groups attached to an aromatic ring is 1. The van der Waals surface area contributed by atoms with Crippen molar-refractivity contribution in [3.63, 3.8) is 0 Å². The van der Waals surface area contributed by atoms with Crippen LogP contribution in [0.4, 0.5) is 5.69 Å². The lowest BCUT2D eigenvalue weighted by atomic mass is 10.4. The first-order valence-electron chi connectivity index (χ1n) is 4.80. The molecular weight excluding hydrogens is 286 g/mol. The molecule has 0 bridgehead atoms. The number of benzene rings is 1. The third-order valence-electron chi connectivity index (χ3n) is 2.22. The van der Waals surface area contributed by atoms with Crippen molar-refractivity contribution in [2.24, 2.45) is 7.05 Å². The van der Waals surface area contributed by atoms with E-state index in [2.05, 4.69) is 33.2 Å². The highest BCUT2D eigenvalue weighted by molar-refractivity contribution is 9.10. The zero-order valence-corrected chi connectivity index (χ0v) is 11.5. The zero-order valence-electron chi connectivity index (χ0n) is 9.07. The second kappa shape index (κ2) is 4.51. The van der Waals surface area contributed by atoms with E-state index >= 15 is 0 Å². The predicted octanol–water partition coefficient (Wildman–Crippen LogP) is 3.22. The quantitative estimate of drug-likeness (QED) is 0.925. The van der Waals surface area contributed by atoms with Crippen LogP contribution in [0.5, 0.6) is 0 Å². The number of halogens is 1. The van der Waals surface area contributed by atoms with Crippen LogP contribution in [0, 0.1) is 6.92 Å². The van der Waals surface area contributed by atoms with E-state index in [1.807, 2.05) is 30.8 Å². The summed E-state index contributed by atoms with van der Waals surface area (Å²) in [6, 6.07) is 8.12. The molecule has 1 heterocycles. The van der Waals surface area contributed by atoms with E-state index in [0.717, 1.165) is 25.8 Å². The standard InChI is InChI=1S/C11H12BrN3S/c1-7-10(13)11(15(2)14-7)16-9-5-3-4-8(12)6-9/h3-6H,13H2,1-2H3. The molecule has 0 aliphatic rings. The lowest BCUT2D eigenvalue weighted by Gasteiger charge is -2.03. The van der Waals surface area contributed by atoms with Gasteiger partial charge in [-0.15, -0.1) is 0 Å². The molecule has 0 radical (unpaired) electrons. The molecule has 0 saturated carbocycles. The summed E-state index contributed by atoms with van der Waals surface area (Å²) >= 11 is 5.07. The monoisotopic (exact) mass is 297 g/mol. The van der Waals surface area contributed by atoms with Gasteiger partial charge in [0.05, 0.1) is 11.4 Å². The second-order valence-electron chi connectivity index (χ2n) is 3.49. The summed E-state index contributed by atoms with van der Waals surface area (Å²) in [7, 11) is 1.91. The van der Waals surface area contributed by atoms with E-state index in [1.165, 1.54) is 0 Å². The number of hydrogen-bond acceptors (Lipinski definition) is 3. The molecule has 0 fully saturated rings. The summed E-state index contributed by atoms with van der Waals surface area (Å²) in [5.74, 6) is 0. The molecule has 3 nitrogen and oxygen atoms in total. The Bertz CT molecular complexity index is 522. The molecule has 0 spiro atoms. The van der Waals surface area contributed by atoms with Gasteiger partial charge in [0.25, 0.3) is 0 Å². The summed E-state index contributed by atoms with van der Waals surface area (Å²) in [6.07, 6.45) is 0. The summed E-state index contributed by atoms with van der Waals surface area (Å²) in [4.78, 5) is 1.14. The van der Waals surface area contributed by atoms with Crippen LogP contribution in [0.2, 0.25) is 0 Å². The van der Waals surface area contributed by atoms with E-state index in [4.69, 9.17) is 5.73 Å². The molecule has 0 aliphatic heterocycles. The van der Waals surface area contributed by atoms with Crippen molar-refractivity contribution in [3.8, 4) is 0 Å². The molecular formula is C11H12BrN3S. The van der Waals surface area contributed by atoms with E-state index in [0.29, 0.717) is 0 Å². The van der Waals surface area contributed by atoms with Gasteiger partial charge in [-0.25, -0.2) is 0 Å². The number of nitrogens with zero attached hydrogens (tertiary/aromatic N) is 2. The lowest BCUT2D eigenvalue weighted by molar-refractivity contribution is 0.693. The van der Waals surface area contributed by atoms with Crippen molar-refractivity contribution < 1.29 is 0 Å². The maximum absolute atomic E-state index is 5.97. The maximum Gasteiger partial charge on any atom is 0.122 e. The van der Waals surface area contributed by atoms with Gasteiger partial charge in [0.1, 0.15) is 5.03 Å². The fourth-order valence-corrected chi connectivity index (χ4v) is 2.95. The number of anilines is 1. The zero-order chi connectivity index (χ0) is 11.7. The third kappa shape index (κ3) is 2.25. The van der Waals surface area contributed by atoms with Gasteiger partial charge < -0.3 is 5.73 Å². The first kappa shape index (κ1) is 11.5. The molecule has 0 saturated heterocycles. The Hall–Kier alpha value is -0.940. The minimum atomic E-state index is 0.757. The number of hydrogen-bond donors (Lipinski definition) is 1. The molecule has 2 aromatic rings. The fourth-order valence-electron chi connectivity index (χ4n) is 1.42. The van der Waals surface area contributed by atoms with E-state index in [1.54, 1.807) is 11.8 Å². The highest BCUT2D eigenvalue weighted by atomic mass is 79.9. The molecule has 0 unspecified atom stereocenters. The highest BCUT2D eigenvalue weighted by Crippen LogP contribution is 2.34. The Morgan fingerprint density at radius 2 is 2.19 bits per heavy atom. The van der Waals surface area contributed by atoms with Gasteiger partial charge in [-0.05, 0) is 25.1 Å². The number of rotatable bonds is 2. The molecule has 0 aliphatic carbocycles. The van der Waals surface area contributed by atoms with Gasteiger partial charge in [0, 0.05) is 16.4 Å². The molecule has 2 N–H and O–H groups in total. The number of aryl methyl sites for hydroxylation is 2. The minimum Gasteiger partial charge on any atom is -0.395 e. The van der Waals surface area contributed by atoms with Crippen LogP contribution in [0.15, 0.2) is 38.7 Å². The van der Waals surface area contributed by atoms with Crippen molar-refractivity contribution in [2.75, 3.05) is 5.73 Å². The van der Waals surface area contributed by atoms with E-state index in [-0.39, 0.29) is 0 Å². The van der Waals surface area contributed by atoms with Crippen LogP contribution in [0.1, 0.15) is 5.69 Å². The second-order valence-corrected chi connectivity index (χ2v) is 5.47. The highest BCUT2D eigenvalue weighted by Gasteiger charge is 2.11. The topological polar surface area (TPSA) is 43.8 Å². The molecule has 1 aromatic heterocycles. The Labute approximate surface area is 107 Å². The Balaban J connectivity index is 2.34. The fraction of sp³-hybridized carbons (Fsp3) is 0.182. The molecule has 0 atom stereocenters. The molecule has 2 rings (SSSR count). The van der Waals surface area contributed by atoms with E-state index in [9.17, 15) is 0 Å². The van der Waals surface area contributed by atoms with Gasteiger partial charge >= 0.3 is 0 Å².